The van der Waals surface area contributed by atoms with Crippen LogP contribution in [0.2, 0.25) is 0 Å². The maximum atomic E-state index is 4.20. The van der Waals surface area contributed by atoms with Crippen LogP contribution in [0, 0.1) is 0 Å². The van der Waals surface area contributed by atoms with Crippen LogP contribution in [0.25, 0.3) is 11.3 Å². The summed E-state index contributed by atoms with van der Waals surface area (Å²) in [6.45, 7) is 0.807. The zero-order valence-corrected chi connectivity index (χ0v) is 17.3. The highest BCUT2D eigenvalue weighted by molar-refractivity contribution is 5.86. The first-order valence-electron chi connectivity index (χ1n) is 10.6. The lowest BCUT2D eigenvalue weighted by Gasteiger charge is -2.38. The Morgan fingerprint density at radius 3 is 1.87 bits per heavy atom. The molecule has 2 heterocycles. The van der Waals surface area contributed by atoms with Crippen LogP contribution in [0.1, 0.15) is 28.3 Å². The van der Waals surface area contributed by atoms with Gasteiger partial charge < -0.3 is 4.90 Å². The summed E-state index contributed by atoms with van der Waals surface area (Å²) in [7, 11) is 0. The SMILES string of the molecule is C1=C(c2ccccc2)C=C(c2ccccc2)N(Cc2ccncc2)C1c1ccccc1. The summed E-state index contributed by atoms with van der Waals surface area (Å²) in [4.78, 5) is 6.69. The molecule has 1 aliphatic rings. The van der Waals surface area contributed by atoms with Crippen molar-refractivity contribution in [1.29, 1.82) is 0 Å². The van der Waals surface area contributed by atoms with Gasteiger partial charge in [0.1, 0.15) is 0 Å². The Bertz CT molecular complexity index is 1180. The van der Waals surface area contributed by atoms with Crippen molar-refractivity contribution in [2.75, 3.05) is 0 Å². The van der Waals surface area contributed by atoms with Gasteiger partial charge in [-0.2, -0.15) is 0 Å². The van der Waals surface area contributed by atoms with E-state index in [1.54, 1.807) is 0 Å². The smallest absolute Gasteiger partial charge is 0.0739 e. The largest absolute Gasteiger partial charge is 0.356 e. The minimum Gasteiger partial charge on any atom is -0.356 e. The molecule has 3 aromatic carbocycles. The fourth-order valence-electron chi connectivity index (χ4n) is 4.15. The number of benzene rings is 3. The second-order valence-corrected chi connectivity index (χ2v) is 7.72. The standard InChI is InChI=1S/C29H24N2/c1-4-10-24(11-5-1)27-20-28(25-12-6-2-7-13-25)31(22-23-16-18-30-19-17-23)29(21-27)26-14-8-3-9-15-26/h1-21,28H,22H2. The van der Waals surface area contributed by atoms with Crippen molar-refractivity contribution >= 4 is 11.3 Å². The Hall–Kier alpha value is -3.91. The Labute approximate surface area is 183 Å². The van der Waals surface area contributed by atoms with Crippen molar-refractivity contribution in [3.63, 3.8) is 0 Å². The third-order valence-corrected chi connectivity index (χ3v) is 5.69. The van der Waals surface area contributed by atoms with E-state index in [0.717, 1.165) is 6.54 Å². The molecular formula is C29H24N2. The van der Waals surface area contributed by atoms with Crippen molar-refractivity contribution in [3.8, 4) is 0 Å². The van der Waals surface area contributed by atoms with E-state index < -0.39 is 0 Å². The van der Waals surface area contributed by atoms with Gasteiger partial charge in [-0.15, -0.1) is 0 Å². The van der Waals surface area contributed by atoms with E-state index in [1.165, 1.54) is 33.5 Å². The van der Waals surface area contributed by atoms with Gasteiger partial charge in [-0.3, -0.25) is 4.98 Å². The summed E-state index contributed by atoms with van der Waals surface area (Å²) in [5.74, 6) is 0. The quantitative estimate of drug-likeness (QED) is 0.368. The van der Waals surface area contributed by atoms with Crippen LogP contribution in [0.3, 0.4) is 0 Å². The van der Waals surface area contributed by atoms with Gasteiger partial charge in [0.05, 0.1) is 6.04 Å². The third kappa shape index (κ3) is 4.19. The fraction of sp³-hybridized carbons (Fsp3) is 0.0690. The molecule has 4 aromatic rings. The third-order valence-electron chi connectivity index (χ3n) is 5.69. The molecule has 5 rings (SSSR count). The molecule has 2 heteroatoms. The molecule has 150 valence electrons. The minimum atomic E-state index is 0.129. The van der Waals surface area contributed by atoms with Crippen LogP contribution >= 0.6 is 0 Å². The van der Waals surface area contributed by atoms with Gasteiger partial charge in [-0.25, -0.2) is 0 Å². The molecular weight excluding hydrogens is 376 g/mol. The van der Waals surface area contributed by atoms with Crippen molar-refractivity contribution in [3.05, 3.63) is 150 Å². The predicted molar refractivity (Wildman–Crippen MR) is 128 cm³/mol. The van der Waals surface area contributed by atoms with Crippen LogP contribution in [0.15, 0.2) is 128 Å². The molecule has 31 heavy (non-hydrogen) atoms. The molecule has 1 aromatic heterocycles. The molecule has 0 fully saturated rings. The number of hydrogen-bond acceptors (Lipinski definition) is 2. The molecule has 0 saturated heterocycles. The first-order valence-corrected chi connectivity index (χ1v) is 10.6. The highest BCUT2D eigenvalue weighted by Gasteiger charge is 2.26. The van der Waals surface area contributed by atoms with E-state index in [1.807, 2.05) is 12.4 Å². The van der Waals surface area contributed by atoms with Gasteiger partial charge in [0.2, 0.25) is 0 Å². The van der Waals surface area contributed by atoms with Gasteiger partial charge in [-0.05, 0) is 52.1 Å². The van der Waals surface area contributed by atoms with E-state index in [-0.39, 0.29) is 6.04 Å². The van der Waals surface area contributed by atoms with Gasteiger partial charge >= 0.3 is 0 Å². The Morgan fingerprint density at radius 1 is 0.645 bits per heavy atom. The van der Waals surface area contributed by atoms with Crippen molar-refractivity contribution in [1.82, 2.24) is 9.88 Å². The van der Waals surface area contributed by atoms with E-state index in [4.69, 9.17) is 0 Å². The molecule has 0 saturated carbocycles. The highest BCUT2D eigenvalue weighted by atomic mass is 15.2. The monoisotopic (exact) mass is 400 g/mol. The van der Waals surface area contributed by atoms with Gasteiger partial charge in [0, 0.05) is 24.6 Å². The number of aromatic nitrogens is 1. The summed E-state index contributed by atoms with van der Waals surface area (Å²) >= 11 is 0. The number of pyridine rings is 1. The molecule has 0 aliphatic carbocycles. The molecule has 1 atom stereocenters. The molecule has 1 unspecified atom stereocenters. The fourth-order valence-corrected chi connectivity index (χ4v) is 4.15. The van der Waals surface area contributed by atoms with Crippen LogP contribution in [-0.4, -0.2) is 9.88 Å². The predicted octanol–water partition coefficient (Wildman–Crippen LogP) is 6.76. The average Bonchev–Trinajstić information content (AvgIpc) is 2.86. The number of nitrogens with zero attached hydrogens (tertiary/aromatic N) is 2. The lowest BCUT2D eigenvalue weighted by Crippen LogP contribution is -2.28. The zero-order chi connectivity index (χ0) is 20.9. The Kier molecular flexibility index (Phi) is 5.44. The average molecular weight is 401 g/mol. The first kappa shape index (κ1) is 19.1. The zero-order valence-electron chi connectivity index (χ0n) is 17.3. The van der Waals surface area contributed by atoms with E-state index in [0.29, 0.717) is 0 Å². The number of rotatable bonds is 5. The van der Waals surface area contributed by atoms with Crippen LogP contribution < -0.4 is 0 Å². The highest BCUT2D eigenvalue weighted by Crippen LogP contribution is 2.40. The van der Waals surface area contributed by atoms with Crippen LogP contribution in [0.4, 0.5) is 0 Å². The topological polar surface area (TPSA) is 16.1 Å². The summed E-state index contributed by atoms with van der Waals surface area (Å²) < 4.78 is 0. The van der Waals surface area contributed by atoms with Gasteiger partial charge in [-0.1, -0.05) is 91.0 Å². The van der Waals surface area contributed by atoms with Crippen molar-refractivity contribution < 1.29 is 0 Å². The summed E-state index contributed by atoms with van der Waals surface area (Å²) in [6, 6.07) is 36.4. The maximum absolute atomic E-state index is 4.20. The molecule has 0 spiro atoms. The number of hydrogen-bond donors (Lipinski definition) is 0. The van der Waals surface area contributed by atoms with Gasteiger partial charge in [0.15, 0.2) is 0 Å². The summed E-state index contributed by atoms with van der Waals surface area (Å²) in [6.07, 6.45) is 8.45. The molecule has 1 aliphatic heterocycles. The van der Waals surface area contributed by atoms with Crippen molar-refractivity contribution in [2.45, 2.75) is 12.6 Å². The summed E-state index contributed by atoms with van der Waals surface area (Å²) in [5.41, 5.74) is 7.46. The van der Waals surface area contributed by atoms with E-state index in [2.05, 4.69) is 125 Å². The first-order chi connectivity index (χ1) is 15.4. The Balaban J connectivity index is 1.67. The molecule has 0 bridgehead atoms. The Morgan fingerprint density at radius 2 is 1.23 bits per heavy atom. The normalized spacial score (nSPS) is 15.9. The van der Waals surface area contributed by atoms with E-state index in [9.17, 15) is 0 Å². The minimum absolute atomic E-state index is 0.129. The lowest BCUT2D eigenvalue weighted by molar-refractivity contribution is 0.335. The summed E-state index contributed by atoms with van der Waals surface area (Å²) in [5, 5.41) is 0. The van der Waals surface area contributed by atoms with E-state index >= 15 is 0 Å². The molecule has 0 amide bonds. The van der Waals surface area contributed by atoms with Crippen LogP contribution in [0.5, 0.6) is 0 Å². The number of allylic oxidation sites excluding steroid dienone is 2. The second-order valence-electron chi connectivity index (χ2n) is 7.72. The second kappa shape index (κ2) is 8.85. The molecule has 2 nitrogen and oxygen atoms in total. The molecule has 0 radical (unpaired) electrons. The maximum Gasteiger partial charge on any atom is 0.0739 e. The van der Waals surface area contributed by atoms with Gasteiger partial charge in [0.25, 0.3) is 0 Å². The van der Waals surface area contributed by atoms with Crippen molar-refractivity contribution in [2.24, 2.45) is 0 Å². The molecule has 0 N–H and O–H groups in total. The van der Waals surface area contributed by atoms with Crippen LogP contribution in [-0.2, 0) is 6.54 Å². The lowest BCUT2D eigenvalue weighted by atomic mass is 9.91.